The lowest BCUT2D eigenvalue weighted by atomic mass is 9.81. The number of methoxy groups -OCH3 is 4. The molecule has 1 heterocycles. The third-order valence-electron chi connectivity index (χ3n) is 5.55. The van der Waals surface area contributed by atoms with Crippen molar-refractivity contribution in [2.24, 2.45) is 11.8 Å². The summed E-state index contributed by atoms with van der Waals surface area (Å²) in [5, 5.41) is 10.5. The molecule has 2 aromatic rings. The first-order valence-electron chi connectivity index (χ1n) is 9.80. The van der Waals surface area contributed by atoms with Crippen LogP contribution in [0.25, 0.3) is 0 Å². The van der Waals surface area contributed by atoms with Crippen LogP contribution in [0.1, 0.15) is 23.3 Å². The number of hydrogen-bond donors (Lipinski definition) is 0. The second kappa shape index (κ2) is 10.3. The molecule has 1 aliphatic heterocycles. The summed E-state index contributed by atoms with van der Waals surface area (Å²) in [6.07, 6.45) is -1.23. The molecule has 2 aromatic carbocycles. The maximum absolute atomic E-state index is 11.3. The van der Waals surface area contributed by atoms with Crippen molar-refractivity contribution in [1.82, 2.24) is 0 Å². The minimum absolute atomic E-state index is 0.210. The molecule has 1 saturated heterocycles. The molecule has 31 heavy (non-hydrogen) atoms. The normalized spacial score (nSPS) is 20.0. The van der Waals surface area contributed by atoms with E-state index in [-0.39, 0.29) is 11.8 Å². The monoisotopic (exact) mass is 433 g/mol. The molecular weight excluding hydrogens is 406 g/mol. The van der Waals surface area contributed by atoms with Crippen molar-refractivity contribution >= 4 is 0 Å². The fourth-order valence-corrected chi connectivity index (χ4v) is 4.16. The third-order valence-corrected chi connectivity index (χ3v) is 5.55. The van der Waals surface area contributed by atoms with Gasteiger partial charge in [0.15, 0.2) is 11.5 Å². The average molecular weight is 433 g/mol. The quantitative estimate of drug-likeness (QED) is 0.414. The van der Waals surface area contributed by atoms with Crippen LogP contribution >= 0.6 is 0 Å². The maximum Gasteiger partial charge on any atom is 0.295 e. The Morgan fingerprint density at radius 1 is 0.903 bits per heavy atom. The Balaban J connectivity index is 1.99. The smallest absolute Gasteiger partial charge is 0.295 e. The molecule has 1 fully saturated rings. The largest absolute Gasteiger partial charge is 0.493 e. The van der Waals surface area contributed by atoms with Crippen molar-refractivity contribution in [1.29, 1.82) is 0 Å². The molecular formula is C22H27NO8. The first kappa shape index (κ1) is 22.6. The summed E-state index contributed by atoms with van der Waals surface area (Å²) in [7, 11) is 6.21. The highest BCUT2D eigenvalue weighted by atomic mass is 17.0. The zero-order valence-corrected chi connectivity index (χ0v) is 18.0. The van der Waals surface area contributed by atoms with Crippen LogP contribution in [0.2, 0.25) is 0 Å². The highest BCUT2D eigenvalue weighted by Crippen LogP contribution is 2.46. The minimum atomic E-state index is -0.789. The van der Waals surface area contributed by atoms with Gasteiger partial charge in [0.05, 0.1) is 40.6 Å². The fourth-order valence-electron chi connectivity index (χ4n) is 4.16. The van der Waals surface area contributed by atoms with Crippen molar-refractivity contribution in [3.05, 3.63) is 63.7 Å². The SMILES string of the molecule is COc1cc([C@@H](OC)[C@@H]2COC[C@H]2[C@H](O[N+](=O)[O-])c2ccccc2)cc(OC)c1OC. The first-order valence-corrected chi connectivity index (χ1v) is 9.80. The van der Waals surface area contributed by atoms with Crippen LogP contribution in [0.15, 0.2) is 42.5 Å². The molecule has 168 valence electrons. The van der Waals surface area contributed by atoms with Gasteiger partial charge in [0, 0.05) is 18.9 Å². The minimum Gasteiger partial charge on any atom is -0.493 e. The van der Waals surface area contributed by atoms with Crippen LogP contribution in [-0.4, -0.2) is 46.7 Å². The van der Waals surface area contributed by atoms with E-state index in [2.05, 4.69) is 0 Å². The molecule has 0 saturated carbocycles. The molecule has 9 heteroatoms. The van der Waals surface area contributed by atoms with Crippen molar-refractivity contribution in [2.45, 2.75) is 12.2 Å². The van der Waals surface area contributed by atoms with E-state index in [1.54, 1.807) is 21.3 Å². The van der Waals surface area contributed by atoms with E-state index in [4.69, 9.17) is 28.5 Å². The van der Waals surface area contributed by atoms with Gasteiger partial charge in [-0.1, -0.05) is 30.3 Å². The van der Waals surface area contributed by atoms with Gasteiger partial charge in [-0.2, -0.15) is 0 Å². The van der Waals surface area contributed by atoms with Crippen LogP contribution in [-0.2, 0) is 14.3 Å². The van der Waals surface area contributed by atoms with Crippen molar-refractivity contribution in [3.63, 3.8) is 0 Å². The average Bonchev–Trinajstić information content (AvgIpc) is 3.26. The summed E-state index contributed by atoms with van der Waals surface area (Å²) in [5.74, 6) is 0.947. The van der Waals surface area contributed by atoms with E-state index in [1.165, 1.54) is 7.11 Å². The predicted octanol–water partition coefficient (Wildman–Crippen LogP) is 3.61. The lowest BCUT2D eigenvalue weighted by Crippen LogP contribution is -2.29. The molecule has 0 bridgehead atoms. The Kier molecular flexibility index (Phi) is 7.54. The van der Waals surface area contributed by atoms with Gasteiger partial charge >= 0.3 is 0 Å². The van der Waals surface area contributed by atoms with Gasteiger partial charge in [0.2, 0.25) is 5.75 Å². The molecule has 0 radical (unpaired) electrons. The van der Waals surface area contributed by atoms with Crippen LogP contribution in [0, 0.1) is 22.0 Å². The van der Waals surface area contributed by atoms with Gasteiger partial charge in [0.1, 0.15) is 6.10 Å². The lowest BCUT2D eigenvalue weighted by Gasteiger charge is -2.31. The molecule has 0 aromatic heterocycles. The van der Waals surface area contributed by atoms with Crippen molar-refractivity contribution in [2.75, 3.05) is 41.7 Å². The highest BCUT2D eigenvalue weighted by Gasteiger charge is 2.43. The molecule has 0 amide bonds. The zero-order chi connectivity index (χ0) is 22.4. The third kappa shape index (κ3) is 4.83. The first-order chi connectivity index (χ1) is 15.0. The summed E-state index contributed by atoms with van der Waals surface area (Å²) >= 11 is 0. The molecule has 3 rings (SSSR count). The number of ether oxygens (including phenoxy) is 5. The van der Waals surface area contributed by atoms with Crippen LogP contribution in [0.4, 0.5) is 0 Å². The van der Waals surface area contributed by atoms with E-state index in [0.717, 1.165) is 5.56 Å². The summed E-state index contributed by atoms with van der Waals surface area (Å²) < 4.78 is 27.9. The number of hydrogen-bond acceptors (Lipinski definition) is 8. The Labute approximate surface area is 180 Å². The van der Waals surface area contributed by atoms with E-state index >= 15 is 0 Å². The van der Waals surface area contributed by atoms with E-state index in [9.17, 15) is 10.1 Å². The molecule has 4 atom stereocenters. The van der Waals surface area contributed by atoms with Gasteiger partial charge < -0.3 is 28.5 Å². The van der Waals surface area contributed by atoms with E-state index < -0.39 is 17.3 Å². The Hall–Kier alpha value is -3.04. The molecule has 0 N–H and O–H groups in total. The second-order valence-electron chi connectivity index (χ2n) is 7.14. The second-order valence-corrected chi connectivity index (χ2v) is 7.14. The molecule has 1 aliphatic rings. The maximum atomic E-state index is 11.3. The predicted molar refractivity (Wildman–Crippen MR) is 111 cm³/mol. The number of nitrogens with zero attached hydrogens (tertiary/aromatic N) is 1. The zero-order valence-electron chi connectivity index (χ0n) is 18.0. The van der Waals surface area contributed by atoms with Crippen molar-refractivity contribution in [3.8, 4) is 17.2 Å². The Morgan fingerprint density at radius 3 is 1.97 bits per heavy atom. The Bertz CT molecular complexity index is 850. The summed E-state index contributed by atoms with van der Waals surface area (Å²) in [6, 6.07) is 12.7. The highest BCUT2D eigenvalue weighted by molar-refractivity contribution is 5.54. The molecule has 0 spiro atoms. The standard InChI is InChI=1S/C22H27NO8/c1-26-18-10-15(11-19(27-2)22(18)29-4)20(28-3)16-12-30-13-17(16)21(31-23(24)25)14-8-6-5-7-9-14/h5-11,16-17,20-21H,12-13H2,1-4H3/t16-,17-,20-,21-/m1/s1. The molecule has 9 nitrogen and oxygen atoms in total. The topological polar surface area (TPSA) is 98.5 Å². The number of rotatable bonds is 10. The van der Waals surface area contributed by atoms with Gasteiger partial charge in [-0.3, -0.25) is 0 Å². The molecule has 0 aliphatic carbocycles. The summed E-state index contributed by atoms with van der Waals surface area (Å²) in [4.78, 5) is 16.4. The van der Waals surface area contributed by atoms with Gasteiger partial charge in [0.25, 0.3) is 5.09 Å². The van der Waals surface area contributed by atoms with E-state index in [1.807, 2.05) is 42.5 Å². The summed E-state index contributed by atoms with van der Waals surface area (Å²) in [6.45, 7) is 0.673. The van der Waals surface area contributed by atoms with Crippen LogP contribution in [0.3, 0.4) is 0 Å². The van der Waals surface area contributed by atoms with Crippen molar-refractivity contribution < 1.29 is 33.6 Å². The van der Waals surface area contributed by atoms with Crippen LogP contribution < -0.4 is 14.2 Å². The van der Waals surface area contributed by atoms with E-state index in [0.29, 0.717) is 36.0 Å². The lowest BCUT2D eigenvalue weighted by molar-refractivity contribution is -0.773. The molecule has 0 unspecified atom stereocenters. The summed E-state index contributed by atoms with van der Waals surface area (Å²) in [5.41, 5.74) is 1.49. The van der Waals surface area contributed by atoms with Gasteiger partial charge in [-0.25, -0.2) is 0 Å². The van der Waals surface area contributed by atoms with Gasteiger partial charge in [-0.15, -0.1) is 10.1 Å². The van der Waals surface area contributed by atoms with Gasteiger partial charge in [-0.05, 0) is 23.3 Å². The van der Waals surface area contributed by atoms with Crippen LogP contribution in [0.5, 0.6) is 17.2 Å². The Morgan fingerprint density at radius 2 is 1.48 bits per heavy atom. The number of benzene rings is 2. The fraction of sp³-hybridized carbons (Fsp3) is 0.455.